The van der Waals surface area contributed by atoms with Crippen LogP contribution in [0.2, 0.25) is 0 Å². The van der Waals surface area contributed by atoms with Crippen LogP contribution in [0.5, 0.6) is 0 Å². The number of sulfone groups is 1. The largest absolute Gasteiger partial charge is 0.309 e. The van der Waals surface area contributed by atoms with Gasteiger partial charge in [0.25, 0.3) is 0 Å². The second kappa shape index (κ2) is 11.5. The molecule has 0 saturated carbocycles. The summed E-state index contributed by atoms with van der Waals surface area (Å²) in [6, 6.07) is 8.23. The van der Waals surface area contributed by atoms with Crippen molar-refractivity contribution in [2.24, 2.45) is 0 Å². The maximum absolute atomic E-state index is 14.2. The molecule has 1 heterocycles. The van der Waals surface area contributed by atoms with E-state index in [0.717, 1.165) is 23.9 Å². The van der Waals surface area contributed by atoms with Crippen molar-refractivity contribution in [3.05, 3.63) is 53.6 Å². The average Bonchev–Trinajstić information content (AvgIpc) is 3.15. The van der Waals surface area contributed by atoms with Gasteiger partial charge in [-0.05, 0) is 64.7 Å². The maximum Gasteiger partial charge on any atom is 0.233 e. The number of nitrogens with zero attached hydrogens (tertiary/aromatic N) is 3. The Morgan fingerprint density at radius 2 is 1.74 bits per heavy atom. The van der Waals surface area contributed by atoms with Crippen LogP contribution in [0.25, 0.3) is 10.2 Å². The molecule has 3 aromatic rings. The molecule has 0 saturated heterocycles. The van der Waals surface area contributed by atoms with E-state index in [4.69, 9.17) is 0 Å². The van der Waals surface area contributed by atoms with Crippen molar-refractivity contribution in [2.75, 3.05) is 32.1 Å². The normalized spacial score (nSPS) is 11.8. The molecule has 0 spiro atoms. The van der Waals surface area contributed by atoms with E-state index in [2.05, 4.69) is 4.98 Å². The number of thiazole rings is 1. The summed E-state index contributed by atoms with van der Waals surface area (Å²) in [7, 11) is 0.452. The first kappa shape index (κ1) is 28.1. The van der Waals surface area contributed by atoms with Crippen LogP contribution < -0.4 is 4.90 Å². The highest BCUT2D eigenvalue weighted by molar-refractivity contribution is 7.92. The number of carbonyl (C=O) groups excluding carboxylic acids is 1. The second-order valence-corrected chi connectivity index (χ2v) is 11.9. The van der Waals surface area contributed by atoms with Crippen LogP contribution in [-0.4, -0.2) is 56.6 Å². The Morgan fingerprint density at radius 3 is 2.32 bits per heavy atom. The number of hydrogen-bond donors (Lipinski definition) is 0. The van der Waals surface area contributed by atoms with E-state index in [1.54, 1.807) is 26.0 Å². The maximum atomic E-state index is 14.2. The molecule has 0 fully saturated rings. The summed E-state index contributed by atoms with van der Waals surface area (Å²) in [5.74, 6) is -1.72. The predicted molar refractivity (Wildman–Crippen MR) is 135 cm³/mol. The lowest BCUT2D eigenvalue weighted by Gasteiger charge is -2.21. The Hall–Kier alpha value is -2.14. The molecule has 11 heteroatoms. The first-order valence-electron chi connectivity index (χ1n) is 10.5. The van der Waals surface area contributed by atoms with E-state index in [0.29, 0.717) is 28.4 Å². The number of amides is 1. The van der Waals surface area contributed by atoms with Crippen molar-refractivity contribution in [1.29, 1.82) is 0 Å². The molecule has 0 bridgehead atoms. The summed E-state index contributed by atoms with van der Waals surface area (Å²) in [5.41, 5.74) is 0.684. The van der Waals surface area contributed by atoms with Crippen molar-refractivity contribution in [1.82, 2.24) is 9.88 Å². The van der Waals surface area contributed by atoms with Crippen LogP contribution in [0.1, 0.15) is 25.8 Å². The van der Waals surface area contributed by atoms with Crippen molar-refractivity contribution < 1.29 is 22.0 Å². The minimum absolute atomic E-state index is 0. The Bertz CT molecular complexity index is 1250. The fourth-order valence-electron chi connectivity index (χ4n) is 3.27. The topological polar surface area (TPSA) is 70.6 Å². The highest BCUT2D eigenvalue weighted by Crippen LogP contribution is 2.31. The van der Waals surface area contributed by atoms with Gasteiger partial charge in [-0.1, -0.05) is 23.5 Å². The zero-order valence-electron chi connectivity index (χ0n) is 19.4. The van der Waals surface area contributed by atoms with E-state index >= 15 is 0 Å². The number of fused-ring (bicyclic) bond motifs is 1. The van der Waals surface area contributed by atoms with Gasteiger partial charge in [0.15, 0.2) is 20.8 Å². The standard InChI is InChI=1S/C23H27F2N3O3S2.ClH/c1-15(2)33(30,31)18-8-6-16(7-9-18)12-21(29)28(11-5-10-27(3)4)23-26-22-19(25)13-17(24)14-20(22)32-23;/h6-9,13-15H,5,10-12H2,1-4H3;1H. The number of aromatic nitrogens is 1. The summed E-state index contributed by atoms with van der Waals surface area (Å²) >= 11 is 1.06. The lowest BCUT2D eigenvalue weighted by Crippen LogP contribution is -2.34. The molecule has 0 N–H and O–H groups in total. The van der Waals surface area contributed by atoms with E-state index in [9.17, 15) is 22.0 Å². The Morgan fingerprint density at radius 1 is 1.09 bits per heavy atom. The zero-order valence-corrected chi connectivity index (χ0v) is 21.9. The number of carbonyl (C=O) groups is 1. The van der Waals surface area contributed by atoms with Crippen LogP contribution in [0, 0.1) is 11.6 Å². The first-order chi connectivity index (χ1) is 15.5. The molecular weight excluding hydrogens is 504 g/mol. The third-order valence-corrected chi connectivity index (χ3v) is 8.34. The van der Waals surface area contributed by atoms with Crippen LogP contribution >= 0.6 is 23.7 Å². The lowest BCUT2D eigenvalue weighted by molar-refractivity contribution is -0.118. The number of anilines is 1. The summed E-state index contributed by atoms with van der Waals surface area (Å²) in [6.45, 7) is 4.33. The van der Waals surface area contributed by atoms with Crippen molar-refractivity contribution in [3.8, 4) is 0 Å². The van der Waals surface area contributed by atoms with Gasteiger partial charge in [0, 0.05) is 12.6 Å². The van der Waals surface area contributed by atoms with Crippen LogP contribution in [0.4, 0.5) is 13.9 Å². The molecular formula is C23H28ClF2N3O3S2. The van der Waals surface area contributed by atoms with Gasteiger partial charge in [-0.25, -0.2) is 22.2 Å². The number of benzene rings is 2. The molecule has 0 unspecified atom stereocenters. The molecule has 2 aromatic carbocycles. The van der Waals surface area contributed by atoms with Gasteiger partial charge in [0.2, 0.25) is 5.91 Å². The number of rotatable bonds is 9. The highest BCUT2D eigenvalue weighted by Gasteiger charge is 2.23. The molecule has 6 nitrogen and oxygen atoms in total. The molecule has 0 atom stereocenters. The van der Waals surface area contributed by atoms with Gasteiger partial charge in [0.05, 0.1) is 21.3 Å². The fraction of sp³-hybridized carbons (Fsp3) is 0.391. The summed E-state index contributed by atoms with van der Waals surface area (Å²) in [6.07, 6.45) is 0.688. The first-order valence-corrected chi connectivity index (χ1v) is 12.9. The number of halogens is 3. The van der Waals surface area contributed by atoms with Gasteiger partial charge in [0.1, 0.15) is 11.3 Å². The van der Waals surface area contributed by atoms with E-state index in [1.165, 1.54) is 23.1 Å². The van der Waals surface area contributed by atoms with E-state index < -0.39 is 26.7 Å². The molecule has 1 amide bonds. The quantitative estimate of drug-likeness (QED) is 0.400. The summed E-state index contributed by atoms with van der Waals surface area (Å²) < 4.78 is 52.8. The third-order valence-electron chi connectivity index (χ3n) is 5.15. The van der Waals surface area contributed by atoms with Gasteiger partial charge < -0.3 is 4.90 Å². The number of hydrogen-bond acceptors (Lipinski definition) is 6. The monoisotopic (exact) mass is 531 g/mol. The minimum atomic E-state index is -3.40. The van der Waals surface area contributed by atoms with Gasteiger partial charge in [-0.15, -0.1) is 12.4 Å². The van der Waals surface area contributed by atoms with E-state index in [1.807, 2.05) is 19.0 Å². The molecule has 1 aromatic heterocycles. The Balaban J connectivity index is 0.00000408. The minimum Gasteiger partial charge on any atom is -0.309 e. The third kappa shape index (κ3) is 6.50. The summed E-state index contributed by atoms with van der Waals surface area (Å²) in [4.78, 5) is 21.2. The molecule has 0 radical (unpaired) electrons. The SMILES string of the molecule is CC(C)S(=O)(=O)c1ccc(CC(=O)N(CCCN(C)C)c2nc3c(F)cc(F)cc3s2)cc1.Cl. The lowest BCUT2D eigenvalue weighted by atomic mass is 10.1. The van der Waals surface area contributed by atoms with Crippen LogP contribution in [0.15, 0.2) is 41.3 Å². The van der Waals surface area contributed by atoms with Crippen molar-refractivity contribution in [2.45, 2.75) is 36.8 Å². The molecule has 0 aliphatic carbocycles. The van der Waals surface area contributed by atoms with Gasteiger partial charge in [-0.2, -0.15) is 0 Å². The fourth-order valence-corrected chi connectivity index (χ4v) is 5.38. The zero-order chi connectivity index (χ0) is 24.3. The Kier molecular flexibility index (Phi) is 9.53. The molecule has 0 aliphatic rings. The predicted octanol–water partition coefficient (Wildman–Crippen LogP) is 4.71. The average molecular weight is 532 g/mol. The van der Waals surface area contributed by atoms with Gasteiger partial charge in [-0.3, -0.25) is 9.69 Å². The molecule has 186 valence electrons. The van der Waals surface area contributed by atoms with E-state index in [-0.39, 0.29) is 35.1 Å². The van der Waals surface area contributed by atoms with Crippen LogP contribution in [-0.2, 0) is 21.1 Å². The second-order valence-electron chi connectivity index (χ2n) is 8.35. The smallest absolute Gasteiger partial charge is 0.233 e. The Labute approximate surface area is 208 Å². The van der Waals surface area contributed by atoms with Gasteiger partial charge >= 0.3 is 0 Å². The highest BCUT2D eigenvalue weighted by atomic mass is 35.5. The molecule has 34 heavy (non-hydrogen) atoms. The molecule has 0 aliphatic heterocycles. The van der Waals surface area contributed by atoms with Crippen molar-refractivity contribution in [3.63, 3.8) is 0 Å². The van der Waals surface area contributed by atoms with Crippen molar-refractivity contribution >= 4 is 54.8 Å². The summed E-state index contributed by atoms with van der Waals surface area (Å²) in [5, 5.41) is -0.237. The van der Waals surface area contributed by atoms with Crippen LogP contribution in [0.3, 0.4) is 0 Å². The molecule has 3 rings (SSSR count).